The predicted molar refractivity (Wildman–Crippen MR) is 148 cm³/mol. The van der Waals surface area contributed by atoms with Gasteiger partial charge in [0.1, 0.15) is 0 Å². The molecule has 1 saturated heterocycles. The van der Waals surface area contributed by atoms with E-state index in [9.17, 15) is 4.79 Å². The molecule has 2 aromatic rings. The van der Waals surface area contributed by atoms with Crippen molar-refractivity contribution in [3.63, 3.8) is 0 Å². The number of hydrogen-bond acceptors (Lipinski definition) is 4. The first kappa shape index (κ1) is 24.9. The predicted octanol–water partition coefficient (Wildman–Crippen LogP) is 5.18. The fraction of sp³-hybridized carbons (Fsp3) is 0.516. The molecule has 5 rings (SSSR count). The van der Waals surface area contributed by atoms with Crippen molar-refractivity contribution in [2.24, 2.45) is 5.92 Å². The van der Waals surface area contributed by atoms with Gasteiger partial charge >= 0.3 is 0 Å². The zero-order chi connectivity index (χ0) is 25.1. The number of fused-ring (bicyclic) bond motifs is 2. The van der Waals surface area contributed by atoms with Crippen molar-refractivity contribution in [3.05, 3.63) is 77.0 Å². The monoisotopic (exact) mass is 486 g/mol. The number of carbonyl (C=O) groups excluding carboxylic acids is 1. The number of nitrogens with zero attached hydrogens (tertiary/aromatic N) is 3. The lowest BCUT2D eigenvalue weighted by atomic mass is 9.95. The summed E-state index contributed by atoms with van der Waals surface area (Å²) >= 11 is 0. The van der Waals surface area contributed by atoms with Gasteiger partial charge in [-0.1, -0.05) is 50.3 Å². The summed E-state index contributed by atoms with van der Waals surface area (Å²) in [5.41, 5.74) is 7.29. The van der Waals surface area contributed by atoms with Gasteiger partial charge in [-0.3, -0.25) is 9.69 Å². The molecule has 1 fully saturated rings. The molecule has 0 radical (unpaired) electrons. The van der Waals surface area contributed by atoms with Crippen molar-refractivity contribution < 1.29 is 4.79 Å². The lowest BCUT2D eigenvalue weighted by Gasteiger charge is -2.36. The molecule has 1 amide bonds. The van der Waals surface area contributed by atoms with Gasteiger partial charge in [-0.15, -0.1) is 0 Å². The summed E-state index contributed by atoms with van der Waals surface area (Å²) in [6, 6.07) is 15.7. The van der Waals surface area contributed by atoms with Gasteiger partial charge in [-0.2, -0.15) is 0 Å². The molecular weight excluding hydrogens is 444 g/mol. The molecule has 5 heteroatoms. The first-order chi connectivity index (χ1) is 17.5. The van der Waals surface area contributed by atoms with Gasteiger partial charge in [-0.25, -0.2) is 0 Å². The topological polar surface area (TPSA) is 38.8 Å². The molecule has 1 atom stereocenters. The van der Waals surface area contributed by atoms with Gasteiger partial charge in [0.2, 0.25) is 0 Å². The summed E-state index contributed by atoms with van der Waals surface area (Å²) in [6.07, 6.45) is 5.38. The Balaban J connectivity index is 1.19. The molecule has 2 aromatic carbocycles. The standard InChI is InChI=1S/C31H42N4O/c1-4-24(20-33-15-11-25-7-5-6-8-27(25)22-33)21-35-16-12-26-9-10-29(19-30(26)31(35)36)32-28-13-17-34(18-14-28)23(2)3/h5-10,19,24,28,32H,2,4,11-18,20-22H2,1,3H3/t24-/m1/s1. The van der Waals surface area contributed by atoms with Gasteiger partial charge < -0.3 is 15.1 Å². The van der Waals surface area contributed by atoms with Gasteiger partial charge in [0.05, 0.1) is 0 Å². The zero-order valence-corrected chi connectivity index (χ0v) is 22.1. The molecule has 5 nitrogen and oxygen atoms in total. The van der Waals surface area contributed by atoms with Gasteiger partial charge in [0, 0.05) is 68.8 Å². The average molecular weight is 487 g/mol. The second-order valence-electron chi connectivity index (χ2n) is 11.0. The van der Waals surface area contributed by atoms with Crippen LogP contribution in [-0.4, -0.2) is 65.9 Å². The number of amides is 1. The third kappa shape index (κ3) is 5.62. The number of anilines is 1. The quantitative estimate of drug-likeness (QED) is 0.558. The highest BCUT2D eigenvalue weighted by Crippen LogP contribution is 2.27. The Bertz CT molecular complexity index is 1090. The van der Waals surface area contributed by atoms with Crippen molar-refractivity contribution in [1.29, 1.82) is 0 Å². The summed E-state index contributed by atoms with van der Waals surface area (Å²) in [7, 11) is 0. The highest BCUT2D eigenvalue weighted by molar-refractivity contribution is 5.97. The Labute approximate surface area is 217 Å². The minimum Gasteiger partial charge on any atom is -0.382 e. The second-order valence-corrected chi connectivity index (χ2v) is 11.0. The van der Waals surface area contributed by atoms with E-state index in [2.05, 4.69) is 82.9 Å². The van der Waals surface area contributed by atoms with Crippen LogP contribution >= 0.6 is 0 Å². The van der Waals surface area contributed by atoms with Crippen LogP contribution in [0.4, 0.5) is 5.69 Å². The fourth-order valence-electron chi connectivity index (χ4n) is 6.13. The molecule has 0 saturated carbocycles. The molecule has 36 heavy (non-hydrogen) atoms. The minimum atomic E-state index is 0.208. The fourth-order valence-corrected chi connectivity index (χ4v) is 6.13. The molecule has 192 valence electrons. The molecule has 0 aromatic heterocycles. The van der Waals surface area contributed by atoms with Gasteiger partial charge in [0.15, 0.2) is 0 Å². The van der Waals surface area contributed by atoms with Crippen LogP contribution in [0.5, 0.6) is 0 Å². The van der Waals surface area contributed by atoms with Crippen molar-refractivity contribution in [1.82, 2.24) is 14.7 Å². The average Bonchev–Trinajstić information content (AvgIpc) is 2.90. The van der Waals surface area contributed by atoms with Crippen LogP contribution in [0.2, 0.25) is 0 Å². The van der Waals surface area contributed by atoms with E-state index in [1.807, 2.05) is 0 Å². The molecule has 0 aliphatic carbocycles. The molecule has 3 heterocycles. The van der Waals surface area contributed by atoms with E-state index in [0.717, 1.165) is 94.9 Å². The van der Waals surface area contributed by atoms with Crippen LogP contribution in [0, 0.1) is 5.92 Å². The minimum absolute atomic E-state index is 0.208. The van der Waals surface area contributed by atoms with E-state index >= 15 is 0 Å². The van der Waals surface area contributed by atoms with Crippen molar-refractivity contribution in [2.75, 3.05) is 44.6 Å². The molecular formula is C31H42N4O. The number of nitrogens with one attached hydrogen (secondary N) is 1. The maximum Gasteiger partial charge on any atom is 0.254 e. The van der Waals surface area contributed by atoms with E-state index in [1.165, 1.54) is 16.7 Å². The van der Waals surface area contributed by atoms with Gasteiger partial charge in [0.25, 0.3) is 5.91 Å². The van der Waals surface area contributed by atoms with Crippen LogP contribution < -0.4 is 5.32 Å². The van der Waals surface area contributed by atoms with Crippen LogP contribution in [-0.2, 0) is 19.4 Å². The SMILES string of the molecule is C=C(C)N1CCC(Nc2ccc3c(c2)C(=O)N(C[C@H](CC)CN2CCc4ccccc4C2)CC3)CC1. The maximum atomic E-state index is 13.6. The molecule has 3 aliphatic rings. The Morgan fingerprint density at radius 2 is 1.75 bits per heavy atom. The Hall–Kier alpha value is -2.79. The van der Waals surface area contributed by atoms with Crippen LogP contribution in [0.25, 0.3) is 0 Å². The molecule has 0 bridgehead atoms. The normalized spacial score (nSPS) is 19.6. The van der Waals surface area contributed by atoms with Crippen LogP contribution in [0.15, 0.2) is 54.7 Å². The zero-order valence-electron chi connectivity index (χ0n) is 22.1. The highest BCUT2D eigenvalue weighted by Gasteiger charge is 2.28. The summed E-state index contributed by atoms with van der Waals surface area (Å²) < 4.78 is 0. The smallest absolute Gasteiger partial charge is 0.254 e. The van der Waals surface area contributed by atoms with E-state index in [1.54, 1.807) is 0 Å². The highest BCUT2D eigenvalue weighted by atomic mass is 16.2. The first-order valence-electron chi connectivity index (χ1n) is 13.9. The number of hydrogen-bond donors (Lipinski definition) is 1. The number of benzene rings is 2. The third-order valence-corrected chi connectivity index (χ3v) is 8.47. The Kier molecular flexibility index (Phi) is 7.66. The Morgan fingerprint density at radius 1 is 1.00 bits per heavy atom. The van der Waals surface area contributed by atoms with Crippen molar-refractivity contribution in [2.45, 2.75) is 58.5 Å². The van der Waals surface area contributed by atoms with Crippen LogP contribution in [0.1, 0.15) is 60.2 Å². The lowest BCUT2D eigenvalue weighted by Crippen LogP contribution is -2.44. The molecule has 0 unspecified atom stereocenters. The molecule has 1 N–H and O–H groups in total. The number of rotatable bonds is 8. The summed E-state index contributed by atoms with van der Waals surface area (Å²) in [4.78, 5) is 20.6. The maximum absolute atomic E-state index is 13.6. The van der Waals surface area contributed by atoms with E-state index in [4.69, 9.17) is 0 Å². The number of carbonyl (C=O) groups is 1. The first-order valence-corrected chi connectivity index (χ1v) is 13.9. The lowest BCUT2D eigenvalue weighted by molar-refractivity contribution is 0.0688. The third-order valence-electron chi connectivity index (χ3n) is 8.47. The van der Waals surface area contributed by atoms with Crippen LogP contribution in [0.3, 0.4) is 0 Å². The Morgan fingerprint density at radius 3 is 2.50 bits per heavy atom. The molecule has 0 spiro atoms. The van der Waals surface area contributed by atoms with E-state index in [0.29, 0.717) is 12.0 Å². The second kappa shape index (κ2) is 11.1. The van der Waals surface area contributed by atoms with Crippen molar-refractivity contribution >= 4 is 11.6 Å². The van der Waals surface area contributed by atoms with Crippen molar-refractivity contribution in [3.8, 4) is 0 Å². The number of allylic oxidation sites excluding steroid dienone is 1. The van der Waals surface area contributed by atoms with Gasteiger partial charge in [-0.05, 0) is 67.3 Å². The molecule has 3 aliphatic heterocycles. The van der Waals surface area contributed by atoms with E-state index < -0.39 is 0 Å². The summed E-state index contributed by atoms with van der Waals surface area (Å²) in [5.74, 6) is 0.708. The largest absolute Gasteiger partial charge is 0.382 e. The summed E-state index contributed by atoms with van der Waals surface area (Å²) in [5, 5.41) is 3.71. The summed E-state index contributed by atoms with van der Waals surface area (Å²) in [6.45, 7) is 15.4. The number of likely N-dealkylation sites (tertiary alicyclic amines) is 1. The number of piperidine rings is 1. The van der Waals surface area contributed by atoms with E-state index in [-0.39, 0.29) is 5.91 Å².